The van der Waals surface area contributed by atoms with E-state index in [0.717, 1.165) is 11.3 Å². The van der Waals surface area contributed by atoms with Crippen LogP contribution in [0.2, 0.25) is 0 Å². The second-order valence-corrected chi connectivity index (χ2v) is 6.51. The summed E-state index contributed by atoms with van der Waals surface area (Å²) in [5, 5.41) is 10.8. The number of hydrogen-bond donors (Lipinski definition) is 1. The molecule has 7 nitrogen and oxygen atoms in total. The first-order chi connectivity index (χ1) is 12.9. The third-order valence-electron chi connectivity index (χ3n) is 3.55. The van der Waals surface area contributed by atoms with Gasteiger partial charge in [0.25, 0.3) is 0 Å². The number of para-hydroxylation sites is 1. The number of alkyl halides is 3. The Morgan fingerprint density at radius 3 is 2.81 bits per heavy atom. The SMILES string of the molecule is O=C(Cn1nnc2ccccc21)Nc1nc2ccc(OC(F)(F)F)cc2s1. The minimum Gasteiger partial charge on any atom is -0.406 e. The van der Waals surface area contributed by atoms with Crippen LogP contribution in [0.15, 0.2) is 42.5 Å². The minimum absolute atomic E-state index is 0.0706. The maximum Gasteiger partial charge on any atom is 0.573 e. The van der Waals surface area contributed by atoms with Gasteiger partial charge in [0, 0.05) is 6.07 Å². The summed E-state index contributed by atoms with van der Waals surface area (Å²) in [6.45, 7) is -0.0706. The molecule has 2 aromatic carbocycles. The molecule has 1 N–H and O–H groups in total. The number of halogens is 3. The van der Waals surface area contributed by atoms with Crippen LogP contribution in [0, 0.1) is 0 Å². The Bertz CT molecular complexity index is 1140. The molecule has 11 heteroatoms. The summed E-state index contributed by atoms with van der Waals surface area (Å²) in [6, 6.07) is 11.0. The Balaban J connectivity index is 1.50. The summed E-state index contributed by atoms with van der Waals surface area (Å²) in [5.74, 6) is -0.720. The Hall–Kier alpha value is -3.21. The number of thiazole rings is 1. The maximum absolute atomic E-state index is 12.3. The fourth-order valence-corrected chi connectivity index (χ4v) is 3.39. The number of anilines is 1. The van der Waals surface area contributed by atoms with Crippen molar-refractivity contribution >= 4 is 43.6 Å². The van der Waals surface area contributed by atoms with Gasteiger partial charge >= 0.3 is 6.36 Å². The predicted molar refractivity (Wildman–Crippen MR) is 92.5 cm³/mol. The van der Waals surface area contributed by atoms with Crippen LogP contribution in [-0.2, 0) is 11.3 Å². The summed E-state index contributed by atoms with van der Waals surface area (Å²) < 4.78 is 42.7. The number of benzene rings is 2. The predicted octanol–water partition coefficient (Wildman–Crippen LogP) is 3.58. The van der Waals surface area contributed by atoms with Gasteiger partial charge in [-0.1, -0.05) is 28.7 Å². The molecule has 0 fully saturated rings. The molecule has 0 saturated carbocycles. The molecule has 0 saturated heterocycles. The van der Waals surface area contributed by atoms with Gasteiger partial charge in [0.2, 0.25) is 5.91 Å². The largest absolute Gasteiger partial charge is 0.573 e. The van der Waals surface area contributed by atoms with Crippen LogP contribution < -0.4 is 10.1 Å². The molecule has 2 aromatic heterocycles. The fourth-order valence-electron chi connectivity index (χ4n) is 2.48. The van der Waals surface area contributed by atoms with Crippen molar-refractivity contribution in [1.82, 2.24) is 20.0 Å². The Morgan fingerprint density at radius 1 is 1.19 bits per heavy atom. The van der Waals surface area contributed by atoms with Gasteiger partial charge < -0.3 is 10.1 Å². The third kappa shape index (κ3) is 3.82. The van der Waals surface area contributed by atoms with Gasteiger partial charge in [0.15, 0.2) is 5.13 Å². The average Bonchev–Trinajstić information content (AvgIpc) is 3.17. The number of ether oxygens (including phenoxy) is 1. The van der Waals surface area contributed by atoms with E-state index in [2.05, 4.69) is 25.3 Å². The molecule has 4 aromatic rings. The number of hydrogen-bond acceptors (Lipinski definition) is 6. The van der Waals surface area contributed by atoms with Gasteiger partial charge in [-0.05, 0) is 24.3 Å². The topological polar surface area (TPSA) is 81.9 Å². The van der Waals surface area contributed by atoms with Gasteiger partial charge in [-0.15, -0.1) is 18.3 Å². The van der Waals surface area contributed by atoms with Crippen LogP contribution in [-0.4, -0.2) is 32.2 Å². The van der Waals surface area contributed by atoms with Gasteiger partial charge in [0.1, 0.15) is 17.8 Å². The van der Waals surface area contributed by atoms with Gasteiger partial charge in [-0.25, -0.2) is 9.67 Å². The summed E-state index contributed by atoms with van der Waals surface area (Å²) in [6.07, 6.45) is -4.77. The van der Waals surface area contributed by atoms with E-state index in [0.29, 0.717) is 21.3 Å². The van der Waals surface area contributed by atoms with Crippen LogP contribution in [0.5, 0.6) is 5.75 Å². The lowest BCUT2D eigenvalue weighted by atomic mass is 10.3. The molecule has 0 aliphatic carbocycles. The standard InChI is InChI=1S/C16H10F3N5O2S/c17-16(18,19)26-9-5-6-11-13(7-9)27-15(20-11)21-14(25)8-24-12-4-2-1-3-10(12)22-23-24/h1-7H,8H2,(H,20,21,25). The normalized spacial score (nSPS) is 11.8. The minimum atomic E-state index is -4.77. The number of carbonyl (C=O) groups excluding carboxylic acids is 1. The van der Waals surface area contributed by atoms with E-state index in [1.54, 1.807) is 12.1 Å². The van der Waals surface area contributed by atoms with E-state index in [1.165, 1.54) is 22.9 Å². The molecule has 138 valence electrons. The van der Waals surface area contributed by atoms with Crippen LogP contribution in [0.3, 0.4) is 0 Å². The van der Waals surface area contributed by atoms with Gasteiger partial charge in [-0.3, -0.25) is 4.79 Å². The highest BCUT2D eigenvalue weighted by Gasteiger charge is 2.31. The van der Waals surface area contributed by atoms with Crippen LogP contribution in [0.4, 0.5) is 18.3 Å². The number of fused-ring (bicyclic) bond motifs is 2. The lowest BCUT2D eigenvalue weighted by Crippen LogP contribution is -2.19. The lowest BCUT2D eigenvalue weighted by Gasteiger charge is -2.07. The highest BCUT2D eigenvalue weighted by Crippen LogP contribution is 2.31. The van der Waals surface area contributed by atoms with E-state index in [-0.39, 0.29) is 23.3 Å². The highest BCUT2D eigenvalue weighted by atomic mass is 32.1. The first-order valence-corrected chi connectivity index (χ1v) is 8.43. The quantitative estimate of drug-likeness (QED) is 0.573. The lowest BCUT2D eigenvalue weighted by molar-refractivity contribution is -0.274. The number of aromatic nitrogens is 4. The van der Waals surface area contributed by atoms with Crippen molar-refractivity contribution in [2.45, 2.75) is 12.9 Å². The summed E-state index contributed by atoms with van der Waals surface area (Å²) in [5.41, 5.74) is 1.84. The first-order valence-electron chi connectivity index (χ1n) is 7.62. The summed E-state index contributed by atoms with van der Waals surface area (Å²) >= 11 is 1.05. The zero-order valence-electron chi connectivity index (χ0n) is 13.4. The van der Waals surface area contributed by atoms with E-state index in [1.807, 2.05) is 12.1 Å². The number of carbonyl (C=O) groups is 1. The smallest absolute Gasteiger partial charge is 0.406 e. The zero-order chi connectivity index (χ0) is 19.0. The van der Waals surface area contributed by atoms with Gasteiger partial charge in [0.05, 0.1) is 15.7 Å². The second-order valence-electron chi connectivity index (χ2n) is 5.48. The van der Waals surface area contributed by atoms with Crippen molar-refractivity contribution in [2.75, 3.05) is 5.32 Å². The third-order valence-corrected chi connectivity index (χ3v) is 4.49. The molecule has 0 aliphatic heterocycles. The molecular formula is C16H10F3N5O2S. The molecule has 0 atom stereocenters. The van der Waals surface area contributed by atoms with Crippen molar-refractivity contribution in [3.8, 4) is 5.75 Å². The molecule has 4 rings (SSSR count). The maximum atomic E-state index is 12.3. The van der Waals surface area contributed by atoms with Gasteiger partial charge in [-0.2, -0.15) is 0 Å². The molecule has 0 spiro atoms. The van der Waals surface area contributed by atoms with E-state index < -0.39 is 6.36 Å². The zero-order valence-corrected chi connectivity index (χ0v) is 14.2. The summed E-state index contributed by atoms with van der Waals surface area (Å²) in [7, 11) is 0. The number of nitrogens with one attached hydrogen (secondary N) is 1. The van der Waals surface area contributed by atoms with E-state index in [9.17, 15) is 18.0 Å². The highest BCUT2D eigenvalue weighted by molar-refractivity contribution is 7.22. The average molecular weight is 393 g/mol. The van der Waals surface area contributed by atoms with E-state index in [4.69, 9.17) is 0 Å². The van der Waals surface area contributed by atoms with Crippen molar-refractivity contribution in [1.29, 1.82) is 0 Å². The van der Waals surface area contributed by atoms with Crippen LogP contribution >= 0.6 is 11.3 Å². The number of nitrogens with zero attached hydrogens (tertiary/aromatic N) is 4. The molecule has 0 aliphatic rings. The number of amides is 1. The Kier molecular flexibility index (Phi) is 4.15. The van der Waals surface area contributed by atoms with Crippen LogP contribution in [0.25, 0.3) is 21.3 Å². The Morgan fingerprint density at radius 2 is 2.00 bits per heavy atom. The molecule has 0 unspecified atom stereocenters. The fraction of sp³-hybridized carbons (Fsp3) is 0.125. The second kappa shape index (κ2) is 6.50. The van der Waals surface area contributed by atoms with Crippen molar-refractivity contribution < 1.29 is 22.7 Å². The molecule has 27 heavy (non-hydrogen) atoms. The molecule has 1 amide bonds. The van der Waals surface area contributed by atoms with Crippen molar-refractivity contribution in [3.05, 3.63) is 42.5 Å². The molecular weight excluding hydrogens is 383 g/mol. The Labute approximate surface area is 153 Å². The molecule has 0 radical (unpaired) electrons. The molecule has 2 heterocycles. The monoisotopic (exact) mass is 393 g/mol. The molecule has 0 bridgehead atoms. The first kappa shape index (κ1) is 17.2. The van der Waals surface area contributed by atoms with E-state index >= 15 is 0 Å². The number of rotatable bonds is 4. The van der Waals surface area contributed by atoms with Crippen molar-refractivity contribution in [3.63, 3.8) is 0 Å². The van der Waals surface area contributed by atoms with Crippen LogP contribution in [0.1, 0.15) is 0 Å². The van der Waals surface area contributed by atoms with Crippen molar-refractivity contribution in [2.24, 2.45) is 0 Å². The summed E-state index contributed by atoms with van der Waals surface area (Å²) in [4.78, 5) is 16.4.